The largest absolute Gasteiger partial charge is 0.295 e. The SMILES string of the molecule is C=CC(C)=O.CC/C=C(C)/C=C\C=C(/C)CCCC.Cc1ccc(Br)c(C)c1. The van der Waals surface area contributed by atoms with Crippen LogP contribution in [-0.4, -0.2) is 5.78 Å². The monoisotopic (exact) mass is 446 g/mol. The van der Waals surface area contributed by atoms with Crippen LogP contribution in [0.1, 0.15) is 71.4 Å². The van der Waals surface area contributed by atoms with Crippen LogP contribution in [0.4, 0.5) is 0 Å². The van der Waals surface area contributed by atoms with Crippen molar-refractivity contribution in [2.75, 3.05) is 0 Å². The van der Waals surface area contributed by atoms with Crippen molar-refractivity contribution in [2.45, 2.75) is 74.1 Å². The summed E-state index contributed by atoms with van der Waals surface area (Å²) in [6.45, 7) is 17.6. The average molecular weight is 448 g/mol. The summed E-state index contributed by atoms with van der Waals surface area (Å²) in [6, 6.07) is 6.33. The van der Waals surface area contributed by atoms with E-state index in [0.717, 1.165) is 6.42 Å². The molecule has 0 fully saturated rings. The van der Waals surface area contributed by atoms with Crippen LogP contribution in [0.2, 0.25) is 0 Å². The Labute approximate surface area is 182 Å². The van der Waals surface area contributed by atoms with Crippen LogP contribution in [0.15, 0.2) is 70.8 Å². The zero-order valence-corrected chi connectivity index (χ0v) is 20.5. The third kappa shape index (κ3) is 19.1. The number of rotatable bonds is 7. The lowest BCUT2D eigenvalue weighted by molar-refractivity contribution is -0.112. The molecule has 1 rings (SSSR count). The zero-order chi connectivity index (χ0) is 21.9. The molecular formula is C26H39BrO. The molecule has 0 atom stereocenters. The molecule has 0 aromatic heterocycles. The van der Waals surface area contributed by atoms with E-state index in [2.05, 4.69) is 107 Å². The highest BCUT2D eigenvalue weighted by Gasteiger charge is 1.90. The first-order chi connectivity index (χ1) is 13.2. The number of hydrogen-bond acceptors (Lipinski definition) is 1. The molecule has 0 radical (unpaired) electrons. The fourth-order valence-electron chi connectivity index (χ4n) is 2.09. The van der Waals surface area contributed by atoms with Gasteiger partial charge in [-0.15, -0.1) is 0 Å². The van der Waals surface area contributed by atoms with Crippen LogP contribution in [0.25, 0.3) is 0 Å². The number of aryl methyl sites for hydroxylation is 2. The molecule has 0 heterocycles. The van der Waals surface area contributed by atoms with Gasteiger partial charge in [-0.2, -0.15) is 0 Å². The molecule has 0 bridgehead atoms. The number of carbonyl (C=O) groups excluding carboxylic acids is 1. The highest BCUT2D eigenvalue weighted by Crippen LogP contribution is 2.16. The van der Waals surface area contributed by atoms with E-state index in [1.165, 1.54) is 59.0 Å². The molecule has 28 heavy (non-hydrogen) atoms. The minimum atomic E-state index is 0.0185. The van der Waals surface area contributed by atoms with Crippen molar-refractivity contribution >= 4 is 21.7 Å². The summed E-state index contributed by atoms with van der Waals surface area (Å²) in [5.41, 5.74) is 5.45. The van der Waals surface area contributed by atoms with Gasteiger partial charge in [0.1, 0.15) is 0 Å². The molecule has 2 heteroatoms. The first kappa shape index (κ1) is 28.5. The Morgan fingerprint density at radius 3 is 2.18 bits per heavy atom. The second-order valence-electron chi connectivity index (χ2n) is 6.90. The second-order valence-corrected chi connectivity index (χ2v) is 7.75. The lowest BCUT2D eigenvalue weighted by Crippen LogP contribution is -1.75. The molecular weight excluding hydrogens is 408 g/mol. The van der Waals surface area contributed by atoms with Gasteiger partial charge in [0, 0.05) is 4.47 Å². The second kappa shape index (κ2) is 18.7. The van der Waals surface area contributed by atoms with E-state index in [0.29, 0.717) is 0 Å². The molecule has 0 N–H and O–H groups in total. The molecule has 1 aromatic rings. The van der Waals surface area contributed by atoms with E-state index in [-0.39, 0.29) is 5.78 Å². The van der Waals surface area contributed by atoms with Gasteiger partial charge >= 0.3 is 0 Å². The quantitative estimate of drug-likeness (QED) is 0.301. The van der Waals surface area contributed by atoms with Gasteiger partial charge in [-0.05, 0) is 71.6 Å². The molecule has 0 spiro atoms. The number of halogens is 1. The maximum atomic E-state index is 9.69. The maximum Gasteiger partial charge on any atom is 0.152 e. The van der Waals surface area contributed by atoms with Crippen LogP contribution < -0.4 is 0 Å². The number of ketones is 1. The molecule has 156 valence electrons. The number of carbonyl (C=O) groups is 1. The minimum absolute atomic E-state index is 0.0185. The van der Waals surface area contributed by atoms with Crippen LogP contribution in [0.3, 0.4) is 0 Å². The highest BCUT2D eigenvalue weighted by molar-refractivity contribution is 9.10. The van der Waals surface area contributed by atoms with Crippen molar-refractivity contribution in [3.8, 4) is 0 Å². The lowest BCUT2D eigenvalue weighted by Gasteiger charge is -1.96. The molecule has 0 unspecified atom stereocenters. The van der Waals surface area contributed by atoms with Crippen LogP contribution in [0.5, 0.6) is 0 Å². The number of benzene rings is 1. The average Bonchev–Trinajstić information content (AvgIpc) is 2.64. The summed E-state index contributed by atoms with van der Waals surface area (Å²) >= 11 is 3.43. The van der Waals surface area contributed by atoms with Gasteiger partial charge in [0.05, 0.1) is 0 Å². The first-order valence-corrected chi connectivity index (χ1v) is 10.8. The van der Waals surface area contributed by atoms with E-state index in [1.807, 2.05) is 0 Å². The Bertz CT molecular complexity index is 663. The van der Waals surface area contributed by atoms with Crippen molar-refractivity contribution < 1.29 is 4.79 Å². The summed E-state index contributed by atoms with van der Waals surface area (Å²) in [4.78, 5) is 9.69. The van der Waals surface area contributed by atoms with Crippen molar-refractivity contribution in [2.24, 2.45) is 0 Å². The van der Waals surface area contributed by atoms with Gasteiger partial charge < -0.3 is 0 Å². The fourth-order valence-corrected chi connectivity index (χ4v) is 2.33. The summed E-state index contributed by atoms with van der Waals surface area (Å²) in [6.07, 6.45) is 15.0. The Hall–Kier alpha value is -1.67. The van der Waals surface area contributed by atoms with Crippen LogP contribution in [-0.2, 0) is 4.79 Å². The Balaban J connectivity index is 0. The van der Waals surface area contributed by atoms with Crippen molar-refractivity contribution in [3.05, 3.63) is 81.9 Å². The predicted octanol–water partition coefficient (Wildman–Crippen LogP) is 8.86. The van der Waals surface area contributed by atoms with E-state index >= 15 is 0 Å². The zero-order valence-electron chi connectivity index (χ0n) is 18.9. The normalized spacial score (nSPS) is 11.3. The third-order valence-electron chi connectivity index (χ3n) is 3.79. The number of unbranched alkanes of at least 4 members (excludes halogenated alkanes) is 1. The summed E-state index contributed by atoms with van der Waals surface area (Å²) < 4.78 is 1.19. The van der Waals surface area contributed by atoms with E-state index in [1.54, 1.807) is 0 Å². The molecule has 0 saturated heterocycles. The summed E-state index contributed by atoms with van der Waals surface area (Å²) in [7, 11) is 0. The van der Waals surface area contributed by atoms with Crippen LogP contribution >= 0.6 is 15.9 Å². The topological polar surface area (TPSA) is 17.1 Å². The highest BCUT2D eigenvalue weighted by atomic mass is 79.9. The van der Waals surface area contributed by atoms with Crippen LogP contribution in [0, 0.1) is 13.8 Å². The molecule has 1 aromatic carbocycles. The van der Waals surface area contributed by atoms with E-state index < -0.39 is 0 Å². The minimum Gasteiger partial charge on any atom is -0.295 e. The van der Waals surface area contributed by atoms with Gasteiger partial charge in [0.2, 0.25) is 0 Å². The van der Waals surface area contributed by atoms with E-state index in [4.69, 9.17) is 0 Å². The first-order valence-electron chi connectivity index (χ1n) is 10.0. The van der Waals surface area contributed by atoms with Crippen molar-refractivity contribution in [1.82, 2.24) is 0 Å². The lowest BCUT2D eigenvalue weighted by atomic mass is 10.1. The van der Waals surface area contributed by atoms with Gasteiger partial charge in [0.15, 0.2) is 5.78 Å². The van der Waals surface area contributed by atoms with E-state index in [9.17, 15) is 4.79 Å². The third-order valence-corrected chi connectivity index (χ3v) is 4.68. The molecule has 0 saturated carbocycles. The molecule has 0 amide bonds. The standard InChI is InChI=1S/C14H24.C8H9Br.C4H6O/c1-5-7-10-14(4)12-8-11-13(3)9-6-2;1-6-3-4-8(9)7(2)5-6;1-3-4(2)5/h8-9,11-12H,5-7,10H2,1-4H3;3-5H,1-2H3;3H,1H2,2H3/b11-8-,13-9+,14-12+;;. The molecule has 0 aliphatic heterocycles. The maximum absolute atomic E-state index is 9.69. The number of allylic oxidation sites excluding steroid dienone is 7. The van der Waals surface area contributed by atoms with Gasteiger partial charge in [-0.3, -0.25) is 4.79 Å². The summed E-state index contributed by atoms with van der Waals surface area (Å²) in [5, 5.41) is 0. The van der Waals surface area contributed by atoms with Gasteiger partial charge in [-0.25, -0.2) is 0 Å². The molecule has 1 nitrogen and oxygen atoms in total. The van der Waals surface area contributed by atoms with Crippen molar-refractivity contribution in [3.63, 3.8) is 0 Å². The Morgan fingerprint density at radius 1 is 1.14 bits per heavy atom. The smallest absolute Gasteiger partial charge is 0.152 e. The van der Waals surface area contributed by atoms with Crippen molar-refractivity contribution in [1.29, 1.82) is 0 Å². The van der Waals surface area contributed by atoms with Gasteiger partial charge in [0.25, 0.3) is 0 Å². The number of hydrogen-bond donors (Lipinski definition) is 0. The van der Waals surface area contributed by atoms with Gasteiger partial charge in [-0.1, -0.05) is 95.9 Å². The Morgan fingerprint density at radius 2 is 1.75 bits per heavy atom. The molecule has 0 aliphatic rings. The molecule has 0 aliphatic carbocycles. The summed E-state index contributed by atoms with van der Waals surface area (Å²) in [5.74, 6) is 0.0185. The Kier molecular flexibility index (Phi) is 19.0. The predicted molar refractivity (Wildman–Crippen MR) is 131 cm³/mol. The fraction of sp³-hybridized carbons (Fsp3) is 0.423.